The van der Waals surface area contributed by atoms with E-state index in [9.17, 15) is 5.11 Å². The molecular weight excluding hydrogens is 685 g/mol. The van der Waals surface area contributed by atoms with Gasteiger partial charge in [0.05, 0.1) is 12.7 Å². The molecular formula is C51H40N4O. The number of hydrogen-bond acceptors (Lipinski definition) is 3. The van der Waals surface area contributed by atoms with Gasteiger partial charge in [0.25, 0.3) is 0 Å². The van der Waals surface area contributed by atoms with E-state index in [2.05, 4.69) is 155 Å². The number of imidazole rings is 2. The Kier molecular flexibility index (Phi) is 9.06. The number of rotatable bonds is 11. The summed E-state index contributed by atoms with van der Waals surface area (Å²) in [6, 6.07) is 72.6. The third-order valence-electron chi connectivity index (χ3n) is 11.0. The molecule has 5 heteroatoms. The van der Waals surface area contributed by atoms with Gasteiger partial charge in [-0.25, -0.2) is 9.97 Å². The minimum atomic E-state index is -1.73. The minimum Gasteiger partial charge on any atom is -0.373 e. The lowest BCUT2D eigenvalue weighted by Gasteiger charge is -2.37. The number of aliphatic hydroxyl groups is 1. The highest BCUT2D eigenvalue weighted by Crippen LogP contribution is 2.45. The van der Waals surface area contributed by atoms with Crippen molar-refractivity contribution in [2.75, 3.05) is 0 Å². The number of nitrogens with zero attached hydrogens (tertiary/aromatic N) is 4. The summed E-state index contributed by atoms with van der Waals surface area (Å²) >= 11 is 0. The highest BCUT2D eigenvalue weighted by atomic mass is 16.3. The Morgan fingerprint density at radius 3 is 0.750 bits per heavy atom. The highest BCUT2D eigenvalue weighted by Gasteiger charge is 2.45. The smallest absolute Gasteiger partial charge is 0.177 e. The third kappa shape index (κ3) is 5.60. The predicted octanol–water partition coefficient (Wildman–Crippen LogP) is 10.0. The van der Waals surface area contributed by atoms with Crippen molar-refractivity contribution in [3.63, 3.8) is 0 Å². The lowest BCUT2D eigenvalue weighted by atomic mass is 9.76. The molecule has 0 saturated carbocycles. The maximum atomic E-state index is 13.5. The van der Waals surface area contributed by atoms with Gasteiger partial charge >= 0.3 is 0 Å². The molecule has 0 aliphatic rings. The van der Waals surface area contributed by atoms with E-state index < -0.39 is 16.7 Å². The van der Waals surface area contributed by atoms with Crippen LogP contribution in [0.25, 0.3) is 0 Å². The Morgan fingerprint density at radius 2 is 0.518 bits per heavy atom. The Balaban J connectivity index is 1.29. The van der Waals surface area contributed by atoms with Crippen molar-refractivity contribution in [2.45, 2.75) is 16.7 Å². The number of aromatic nitrogens is 4. The molecule has 56 heavy (non-hydrogen) atoms. The van der Waals surface area contributed by atoms with Gasteiger partial charge in [0, 0.05) is 12.4 Å². The largest absolute Gasteiger partial charge is 0.373 e. The van der Waals surface area contributed by atoms with Crippen molar-refractivity contribution in [2.24, 2.45) is 0 Å². The summed E-state index contributed by atoms with van der Waals surface area (Å²) in [5.74, 6) is 0. The summed E-state index contributed by atoms with van der Waals surface area (Å²) in [6.07, 6.45) is 7.65. The molecule has 2 heterocycles. The Morgan fingerprint density at radius 1 is 0.304 bits per heavy atom. The quantitative estimate of drug-likeness (QED) is 0.135. The second kappa shape index (κ2) is 14.6. The van der Waals surface area contributed by atoms with Crippen LogP contribution in [0.4, 0.5) is 0 Å². The first-order chi connectivity index (χ1) is 27.7. The molecule has 0 bridgehead atoms. The molecule has 2 aromatic heterocycles. The predicted molar refractivity (Wildman–Crippen MR) is 222 cm³/mol. The molecule has 9 rings (SSSR count). The van der Waals surface area contributed by atoms with Gasteiger partial charge in [-0.15, -0.1) is 0 Å². The topological polar surface area (TPSA) is 55.9 Å². The average molecular weight is 725 g/mol. The second-order valence-corrected chi connectivity index (χ2v) is 14.0. The maximum Gasteiger partial charge on any atom is 0.177 e. The van der Waals surface area contributed by atoms with E-state index in [0.717, 1.165) is 33.4 Å². The van der Waals surface area contributed by atoms with Gasteiger partial charge in [-0.3, -0.25) is 0 Å². The lowest BCUT2D eigenvalue weighted by Crippen LogP contribution is -2.37. The summed E-state index contributed by atoms with van der Waals surface area (Å²) in [5, 5.41) is 13.5. The molecule has 0 unspecified atom stereocenters. The molecule has 9 aromatic rings. The van der Waals surface area contributed by atoms with Crippen LogP contribution in [0.1, 0.15) is 50.3 Å². The zero-order chi connectivity index (χ0) is 37.8. The lowest BCUT2D eigenvalue weighted by molar-refractivity contribution is 0.116. The Labute approximate surface area is 327 Å². The van der Waals surface area contributed by atoms with Crippen LogP contribution in [-0.2, 0) is 16.7 Å². The van der Waals surface area contributed by atoms with E-state index in [1.165, 1.54) is 0 Å². The van der Waals surface area contributed by atoms with Gasteiger partial charge in [-0.05, 0) is 38.9 Å². The van der Waals surface area contributed by atoms with Gasteiger partial charge in [0.15, 0.2) is 5.60 Å². The van der Waals surface area contributed by atoms with Crippen LogP contribution in [0.2, 0.25) is 0 Å². The van der Waals surface area contributed by atoms with Crippen molar-refractivity contribution in [3.8, 4) is 0 Å². The molecule has 7 aromatic carbocycles. The molecule has 0 saturated heterocycles. The Hall–Kier alpha value is -7.08. The van der Waals surface area contributed by atoms with Crippen LogP contribution in [0.5, 0.6) is 0 Å². The van der Waals surface area contributed by atoms with Gasteiger partial charge < -0.3 is 14.2 Å². The molecule has 270 valence electrons. The molecule has 0 radical (unpaired) electrons. The molecule has 0 aliphatic heterocycles. The van der Waals surface area contributed by atoms with Gasteiger partial charge in [0.2, 0.25) is 0 Å². The first kappa shape index (κ1) is 34.7. The monoisotopic (exact) mass is 724 g/mol. The Bertz CT molecular complexity index is 2270. The van der Waals surface area contributed by atoms with Gasteiger partial charge in [0.1, 0.15) is 22.5 Å². The normalized spacial score (nSPS) is 12.0. The maximum absolute atomic E-state index is 13.5. The van der Waals surface area contributed by atoms with E-state index in [4.69, 9.17) is 9.97 Å². The molecule has 5 nitrogen and oxygen atoms in total. The van der Waals surface area contributed by atoms with Gasteiger partial charge in [-0.1, -0.05) is 212 Å². The van der Waals surface area contributed by atoms with E-state index in [-0.39, 0.29) is 0 Å². The molecule has 1 N–H and O–H groups in total. The molecule has 0 aliphatic carbocycles. The molecule has 0 atom stereocenters. The van der Waals surface area contributed by atoms with Gasteiger partial charge in [-0.2, -0.15) is 0 Å². The fraction of sp³-hybridized carbons (Fsp3) is 0.0588. The van der Waals surface area contributed by atoms with Crippen LogP contribution < -0.4 is 0 Å². The van der Waals surface area contributed by atoms with Crippen LogP contribution in [0.3, 0.4) is 0 Å². The van der Waals surface area contributed by atoms with Crippen LogP contribution in [-0.4, -0.2) is 24.2 Å². The fourth-order valence-corrected chi connectivity index (χ4v) is 8.46. The standard InChI is InChI=1S/C51H40N4O/c56-51(46-34-20-7-21-35-46,47-36-54(38-52-47)49(40-22-8-1-9-23-40,41-24-10-2-11-25-41)42-26-12-3-13-27-42)48-37-55(39-53-48)50(43-28-14-4-15-29-43,44-30-16-5-17-31-44)45-32-18-6-19-33-45/h1-39,56H. The SMILES string of the molecule is OC(c1ccccc1)(c1cn(C(c2ccccc2)(c2ccccc2)c2ccccc2)cn1)c1cn(C(c2ccccc2)(c2ccccc2)c2ccccc2)cn1. The van der Waals surface area contributed by atoms with Crippen LogP contribution in [0.15, 0.2) is 237 Å². The summed E-state index contributed by atoms with van der Waals surface area (Å²) in [4.78, 5) is 10.2. The van der Waals surface area contributed by atoms with Crippen molar-refractivity contribution >= 4 is 0 Å². The van der Waals surface area contributed by atoms with E-state index in [0.29, 0.717) is 17.0 Å². The van der Waals surface area contributed by atoms with E-state index >= 15 is 0 Å². The number of benzene rings is 7. The molecule has 0 spiro atoms. The minimum absolute atomic E-state index is 0.450. The summed E-state index contributed by atoms with van der Waals surface area (Å²) in [7, 11) is 0. The van der Waals surface area contributed by atoms with Crippen molar-refractivity contribution < 1.29 is 5.11 Å². The zero-order valence-corrected chi connectivity index (χ0v) is 30.8. The van der Waals surface area contributed by atoms with Crippen molar-refractivity contribution in [3.05, 3.63) is 288 Å². The first-order valence-electron chi connectivity index (χ1n) is 18.9. The summed E-state index contributed by atoms with van der Waals surface area (Å²) < 4.78 is 4.27. The van der Waals surface area contributed by atoms with E-state index in [1.54, 1.807) is 0 Å². The fourth-order valence-electron chi connectivity index (χ4n) is 8.46. The summed E-state index contributed by atoms with van der Waals surface area (Å²) in [5.41, 5.74) is 4.58. The van der Waals surface area contributed by atoms with Crippen LogP contribution in [0, 0.1) is 0 Å². The van der Waals surface area contributed by atoms with E-state index in [1.807, 2.05) is 91.8 Å². The first-order valence-corrected chi connectivity index (χ1v) is 18.9. The zero-order valence-electron chi connectivity index (χ0n) is 30.8. The molecule has 0 amide bonds. The molecule has 0 fully saturated rings. The highest BCUT2D eigenvalue weighted by molar-refractivity contribution is 5.53. The third-order valence-corrected chi connectivity index (χ3v) is 11.0. The average Bonchev–Trinajstić information content (AvgIpc) is 4.00. The van der Waals surface area contributed by atoms with Crippen molar-refractivity contribution in [1.29, 1.82) is 0 Å². The summed E-state index contributed by atoms with van der Waals surface area (Å²) in [6.45, 7) is 0. The number of hydrogen-bond donors (Lipinski definition) is 1. The van der Waals surface area contributed by atoms with Crippen LogP contribution >= 0.6 is 0 Å². The van der Waals surface area contributed by atoms with Crippen molar-refractivity contribution in [1.82, 2.24) is 19.1 Å². The second-order valence-electron chi connectivity index (χ2n) is 14.0.